The number of benzene rings is 1. The zero-order valence-corrected chi connectivity index (χ0v) is 11.0. The molecular formula is C15H18N2O2. The molecule has 0 aromatic heterocycles. The third kappa shape index (κ3) is 1.91. The first-order chi connectivity index (χ1) is 9.08. The van der Waals surface area contributed by atoms with E-state index < -0.39 is 0 Å². The van der Waals surface area contributed by atoms with Crippen LogP contribution in [-0.4, -0.2) is 16.7 Å². The molecule has 1 aromatic carbocycles. The third-order valence-corrected chi connectivity index (χ3v) is 4.39. The summed E-state index contributed by atoms with van der Waals surface area (Å²) >= 11 is 0. The van der Waals surface area contributed by atoms with Crippen LogP contribution in [0.1, 0.15) is 37.8 Å². The fourth-order valence-corrected chi connectivity index (χ4v) is 3.28. The monoisotopic (exact) mass is 258 g/mol. The number of hydrogen-bond donors (Lipinski definition) is 1. The van der Waals surface area contributed by atoms with Gasteiger partial charge in [-0.15, -0.1) is 0 Å². The van der Waals surface area contributed by atoms with Crippen LogP contribution >= 0.6 is 0 Å². The van der Waals surface area contributed by atoms with Gasteiger partial charge in [0, 0.05) is 17.5 Å². The number of likely N-dealkylation sites (tertiary alicyclic amines) is 1. The summed E-state index contributed by atoms with van der Waals surface area (Å²) in [6.07, 6.45) is 2.46. The maximum atomic E-state index is 12.4. The number of nitrogens with zero attached hydrogens (tertiary/aromatic N) is 1. The molecule has 2 aliphatic rings. The second-order valence-corrected chi connectivity index (χ2v) is 5.60. The zero-order valence-electron chi connectivity index (χ0n) is 11.0. The Morgan fingerprint density at radius 3 is 2.42 bits per heavy atom. The lowest BCUT2D eigenvalue weighted by atomic mass is 9.94. The van der Waals surface area contributed by atoms with Gasteiger partial charge in [-0.1, -0.05) is 12.1 Å². The minimum atomic E-state index is -0.230. The maximum absolute atomic E-state index is 12.4. The molecule has 0 radical (unpaired) electrons. The molecule has 4 heteroatoms. The van der Waals surface area contributed by atoms with Crippen LogP contribution in [0.15, 0.2) is 24.3 Å². The number of carbonyl (C=O) groups excluding carboxylic acids is 2. The molecule has 2 bridgehead atoms. The van der Waals surface area contributed by atoms with Gasteiger partial charge in [0.2, 0.25) is 11.8 Å². The van der Waals surface area contributed by atoms with Crippen molar-refractivity contribution >= 4 is 17.5 Å². The van der Waals surface area contributed by atoms with Crippen molar-refractivity contribution in [1.82, 2.24) is 4.90 Å². The van der Waals surface area contributed by atoms with E-state index in [9.17, 15) is 9.59 Å². The maximum Gasteiger partial charge on any atom is 0.232 e. The topological polar surface area (TPSA) is 63.4 Å². The molecule has 2 amide bonds. The van der Waals surface area contributed by atoms with Crippen molar-refractivity contribution in [3.63, 3.8) is 0 Å². The molecule has 0 spiro atoms. The highest BCUT2D eigenvalue weighted by atomic mass is 16.2. The Morgan fingerprint density at radius 1 is 1.21 bits per heavy atom. The normalized spacial score (nSPS) is 27.7. The number of fused-ring (bicyclic) bond motifs is 2. The van der Waals surface area contributed by atoms with Crippen LogP contribution in [0, 0.1) is 11.8 Å². The number of rotatable bonds is 2. The molecule has 1 saturated heterocycles. The number of nitrogens with two attached hydrogens (primary N) is 1. The lowest BCUT2D eigenvalue weighted by Gasteiger charge is -2.34. The predicted molar refractivity (Wildman–Crippen MR) is 72.0 cm³/mol. The molecule has 3 rings (SSSR count). The van der Waals surface area contributed by atoms with Gasteiger partial charge in [-0.25, -0.2) is 0 Å². The number of amides is 2. The van der Waals surface area contributed by atoms with E-state index >= 15 is 0 Å². The molecule has 2 N–H and O–H groups in total. The van der Waals surface area contributed by atoms with Crippen molar-refractivity contribution in [2.75, 3.05) is 5.73 Å². The van der Waals surface area contributed by atoms with Crippen molar-refractivity contribution in [3.05, 3.63) is 29.8 Å². The molecule has 19 heavy (non-hydrogen) atoms. The van der Waals surface area contributed by atoms with Crippen LogP contribution in [0.4, 0.5) is 5.69 Å². The second-order valence-electron chi connectivity index (χ2n) is 5.60. The number of nitrogen functional groups attached to an aromatic ring is 1. The lowest BCUT2D eigenvalue weighted by Crippen LogP contribution is -2.47. The summed E-state index contributed by atoms with van der Waals surface area (Å²) in [7, 11) is 0. The average Bonchev–Trinajstić information content (AvgIpc) is 2.83. The Kier molecular flexibility index (Phi) is 2.81. The molecule has 100 valence electrons. The highest BCUT2D eigenvalue weighted by molar-refractivity contribution is 6.01. The highest BCUT2D eigenvalue weighted by Crippen LogP contribution is 2.41. The van der Waals surface area contributed by atoms with E-state index in [0.29, 0.717) is 5.69 Å². The fraction of sp³-hybridized carbons (Fsp3) is 0.467. The fourth-order valence-electron chi connectivity index (χ4n) is 3.28. The van der Waals surface area contributed by atoms with E-state index in [0.717, 1.165) is 24.8 Å². The number of anilines is 1. The molecule has 1 aliphatic carbocycles. The van der Waals surface area contributed by atoms with E-state index in [1.54, 1.807) is 6.07 Å². The summed E-state index contributed by atoms with van der Waals surface area (Å²) in [5, 5.41) is 0. The summed E-state index contributed by atoms with van der Waals surface area (Å²) in [5.74, 6) is 0.0831. The van der Waals surface area contributed by atoms with Gasteiger partial charge in [0.05, 0.1) is 6.04 Å². The molecular weight excluding hydrogens is 240 g/mol. The average molecular weight is 258 g/mol. The molecule has 3 unspecified atom stereocenters. The summed E-state index contributed by atoms with van der Waals surface area (Å²) < 4.78 is 0. The van der Waals surface area contributed by atoms with Crippen LogP contribution in [0.25, 0.3) is 0 Å². The van der Waals surface area contributed by atoms with E-state index in [1.807, 2.05) is 25.1 Å². The summed E-state index contributed by atoms with van der Waals surface area (Å²) in [4.78, 5) is 26.2. The first kappa shape index (κ1) is 12.2. The number of hydrogen-bond acceptors (Lipinski definition) is 3. The van der Waals surface area contributed by atoms with Crippen molar-refractivity contribution in [3.8, 4) is 0 Å². The first-order valence-electron chi connectivity index (χ1n) is 6.80. The minimum Gasteiger partial charge on any atom is -0.399 e. The van der Waals surface area contributed by atoms with Gasteiger partial charge in [0.1, 0.15) is 0 Å². The summed E-state index contributed by atoms with van der Waals surface area (Å²) in [5.41, 5.74) is 7.35. The van der Waals surface area contributed by atoms with Gasteiger partial charge in [0.25, 0.3) is 0 Å². The van der Waals surface area contributed by atoms with Crippen molar-refractivity contribution in [1.29, 1.82) is 0 Å². The van der Waals surface area contributed by atoms with E-state index in [2.05, 4.69) is 0 Å². The highest BCUT2D eigenvalue weighted by Gasteiger charge is 2.46. The number of piperidine rings is 1. The quantitative estimate of drug-likeness (QED) is 0.652. The number of carbonyl (C=O) groups is 2. The zero-order chi connectivity index (χ0) is 13.6. The van der Waals surface area contributed by atoms with Crippen LogP contribution in [0.2, 0.25) is 0 Å². The molecule has 1 saturated carbocycles. The molecule has 1 heterocycles. The lowest BCUT2D eigenvalue weighted by molar-refractivity contribution is -0.155. The minimum absolute atomic E-state index is 0.00586. The Hall–Kier alpha value is -1.84. The van der Waals surface area contributed by atoms with Crippen molar-refractivity contribution in [2.24, 2.45) is 11.8 Å². The van der Waals surface area contributed by atoms with Gasteiger partial charge in [-0.3, -0.25) is 14.5 Å². The standard InChI is InChI=1S/C15H18N2O2/c1-9(10-3-2-4-13(16)8-10)17-14(18)11-5-6-12(7-11)15(17)19/h2-4,8-9,11-12H,5-7,16H2,1H3. The predicted octanol–water partition coefficient (Wildman–Crippen LogP) is 2.11. The SMILES string of the molecule is CC(c1cccc(N)c1)N1C(=O)C2CCC(C2)C1=O. The van der Waals surface area contributed by atoms with Gasteiger partial charge in [-0.05, 0) is 43.9 Å². The number of imide groups is 1. The Balaban J connectivity index is 1.92. The van der Waals surface area contributed by atoms with Gasteiger partial charge < -0.3 is 5.73 Å². The smallest absolute Gasteiger partial charge is 0.232 e. The van der Waals surface area contributed by atoms with Gasteiger partial charge in [0.15, 0.2) is 0 Å². The van der Waals surface area contributed by atoms with E-state index in [4.69, 9.17) is 5.73 Å². The largest absolute Gasteiger partial charge is 0.399 e. The second kappa shape index (κ2) is 4.37. The molecule has 1 aromatic rings. The third-order valence-electron chi connectivity index (χ3n) is 4.39. The molecule has 4 nitrogen and oxygen atoms in total. The van der Waals surface area contributed by atoms with Crippen molar-refractivity contribution < 1.29 is 9.59 Å². The molecule has 3 atom stereocenters. The Bertz CT molecular complexity index is 519. The first-order valence-corrected chi connectivity index (χ1v) is 6.80. The Morgan fingerprint density at radius 2 is 1.84 bits per heavy atom. The summed E-state index contributed by atoms with van der Waals surface area (Å²) in [6.45, 7) is 1.90. The van der Waals surface area contributed by atoms with Crippen LogP contribution in [-0.2, 0) is 9.59 Å². The van der Waals surface area contributed by atoms with Crippen molar-refractivity contribution in [2.45, 2.75) is 32.2 Å². The Labute approximate surface area is 112 Å². The molecule has 1 aliphatic heterocycles. The van der Waals surface area contributed by atoms with Crippen LogP contribution in [0.3, 0.4) is 0 Å². The van der Waals surface area contributed by atoms with Crippen LogP contribution < -0.4 is 5.73 Å². The van der Waals surface area contributed by atoms with Crippen LogP contribution in [0.5, 0.6) is 0 Å². The van der Waals surface area contributed by atoms with E-state index in [1.165, 1.54) is 4.90 Å². The van der Waals surface area contributed by atoms with E-state index in [-0.39, 0.29) is 29.7 Å². The molecule has 2 fully saturated rings. The van der Waals surface area contributed by atoms with Gasteiger partial charge >= 0.3 is 0 Å². The van der Waals surface area contributed by atoms with Gasteiger partial charge in [-0.2, -0.15) is 0 Å². The summed E-state index contributed by atoms with van der Waals surface area (Å²) in [6, 6.07) is 7.18.